The highest BCUT2D eigenvalue weighted by Gasteiger charge is 2.10. The molecule has 0 saturated carbocycles. The van der Waals surface area contributed by atoms with Gasteiger partial charge in [0, 0.05) is 28.1 Å². The van der Waals surface area contributed by atoms with Gasteiger partial charge in [-0.1, -0.05) is 11.6 Å². The Morgan fingerprint density at radius 2 is 1.47 bits per heavy atom. The molecule has 0 unspecified atom stereocenters. The lowest BCUT2D eigenvalue weighted by molar-refractivity contribution is 0.395. The molecule has 0 aliphatic rings. The number of methoxy groups -OCH3 is 3. The van der Waals surface area contributed by atoms with Crippen LogP contribution in [-0.2, 0) is 0 Å². The number of ether oxygens (including phenoxy) is 3. The minimum atomic E-state index is 0.610. The molecule has 0 aliphatic heterocycles. The van der Waals surface area contributed by atoms with Crippen molar-refractivity contribution in [1.29, 1.82) is 0 Å². The van der Waals surface area contributed by atoms with Crippen LogP contribution in [0.5, 0.6) is 17.2 Å². The van der Waals surface area contributed by atoms with Gasteiger partial charge in [-0.05, 0) is 54.6 Å². The van der Waals surface area contributed by atoms with E-state index in [4.69, 9.17) is 35.2 Å². The van der Waals surface area contributed by atoms with Crippen molar-refractivity contribution in [1.82, 2.24) is 0 Å². The summed E-state index contributed by atoms with van der Waals surface area (Å²) in [4.78, 5) is 4.87. The molecule has 4 aromatic rings. The van der Waals surface area contributed by atoms with Gasteiger partial charge in [-0.15, -0.1) is 0 Å². The molecular formula is C24H20ClNO4. The maximum atomic E-state index is 6.15. The molecule has 0 atom stereocenters. The smallest absolute Gasteiger partial charge is 0.148 e. The van der Waals surface area contributed by atoms with Gasteiger partial charge in [0.05, 0.1) is 26.7 Å². The Balaban J connectivity index is 1.98. The van der Waals surface area contributed by atoms with Crippen LogP contribution in [0.3, 0.4) is 0 Å². The predicted octanol–water partition coefficient (Wildman–Crippen LogP) is 6.01. The number of benzene rings is 3. The summed E-state index contributed by atoms with van der Waals surface area (Å²) < 4.78 is 22.3. The van der Waals surface area contributed by atoms with Crippen LogP contribution in [0.1, 0.15) is 0 Å². The topological polar surface area (TPSA) is 53.2 Å². The van der Waals surface area contributed by atoms with E-state index in [0.29, 0.717) is 33.6 Å². The quantitative estimate of drug-likeness (QED) is 0.396. The summed E-state index contributed by atoms with van der Waals surface area (Å²) >= 11 is 6.04. The fraction of sp³-hybridized carbons (Fsp3) is 0.125. The van der Waals surface area contributed by atoms with Crippen molar-refractivity contribution in [3.63, 3.8) is 0 Å². The molecule has 0 saturated heterocycles. The molecule has 0 aliphatic carbocycles. The predicted molar refractivity (Wildman–Crippen MR) is 118 cm³/mol. The minimum absolute atomic E-state index is 0.610. The first-order valence-corrected chi connectivity index (χ1v) is 9.63. The highest BCUT2D eigenvalue weighted by atomic mass is 35.5. The lowest BCUT2D eigenvalue weighted by atomic mass is 10.1. The largest absolute Gasteiger partial charge is 0.497 e. The molecule has 30 heavy (non-hydrogen) atoms. The second-order valence-corrected chi connectivity index (χ2v) is 6.95. The number of halogens is 1. The number of fused-ring (bicyclic) bond motifs is 1. The van der Waals surface area contributed by atoms with E-state index in [9.17, 15) is 0 Å². The van der Waals surface area contributed by atoms with E-state index in [1.807, 2.05) is 60.7 Å². The van der Waals surface area contributed by atoms with E-state index in [2.05, 4.69) is 0 Å². The summed E-state index contributed by atoms with van der Waals surface area (Å²) in [7, 11) is 4.85. The standard InChI is InChI=1S/C24H20ClNO4/c1-27-17-9-11-22-19(12-17)21(14-23(30-22)15-4-6-16(25)7-5-15)26-20-10-8-18(28-2)13-24(20)29-3/h4-14H,1-3H3. The van der Waals surface area contributed by atoms with Gasteiger partial charge in [-0.2, -0.15) is 0 Å². The fourth-order valence-corrected chi connectivity index (χ4v) is 3.26. The second-order valence-electron chi connectivity index (χ2n) is 6.51. The first-order chi connectivity index (χ1) is 14.6. The molecule has 0 bridgehead atoms. The summed E-state index contributed by atoms with van der Waals surface area (Å²) in [6, 6.07) is 20.5. The van der Waals surface area contributed by atoms with Gasteiger partial charge in [0.2, 0.25) is 0 Å². The van der Waals surface area contributed by atoms with Gasteiger partial charge in [0.15, 0.2) is 0 Å². The Morgan fingerprint density at radius 1 is 0.767 bits per heavy atom. The van der Waals surface area contributed by atoms with Gasteiger partial charge in [0.25, 0.3) is 0 Å². The molecule has 0 radical (unpaired) electrons. The third kappa shape index (κ3) is 3.98. The van der Waals surface area contributed by atoms with E-state index in [1.165, 1.54) is 0 Å². The zero-order valence-electron chi connectivity index (χ0n) is 16.8. The highest BCUT2D eigenvalue weighted by Crippen LogP contribution is 2.32. The number of hydrogen-bond donors (Lipinski definition) is 0. The van der Waals surface area contributed by atoms with Gasteiger partial charge in [-0.25, -0.2) is 4.99 Å². The van der Waals surface area contributed by atoms with Crippen molar-refractivity contribution in [3.05, 3.63) is 77.1 Å². The minimum Gasteiger partial charge on any atom is -0.497 e. The fourth-order valence-electron chi connectivity index (χ4n) is 3.13. The molecule has 5 nitrogen and oxygen atoms in total. The zero-order chi connectivity index (χ0) is 21.1. The number of rotatable bonds is 5. The summed E-state index contributed by atoms with van der Waals surface area (Å²) in [6.07, 6.45) is 0. The molecule has 1 aromatic heterocycles. The third-order valence-electron chi connectivity index (χ3n) is 4.71. The van der Waals surface area contributed by atoms with Gasteiger partial charge >= 0.3 is 0 Å². The molecule has 0 spiro atoms. The first-order valence-electron chi connectivity index (χ1n) is 9.26. The van der Waals surface area contributed by atoms with Crippen molar-refractivity contribution >= 4 is 28.3 Å². The Bertz CT molecular complexity index is 1260. The Kier molecular flexibility index (Phi) is 5.63. The molecule has 0 N–H and O–H groups in total. The molecule has 3 aromatic carbocycles. The Morgan fingerprint density at radius 3 is 2.17 bits per heavy atom. The third-order valence-corrected chi connectivity index (χ3v) is 4.96. The SMILES string of the molecule is COc1ccc(N=c2cc(-c3ccc(Cl)cc3)oc3ccc(OC)cc23)c(OC)c1. The average molecular weight is 422 g/mol. The molecule has 1 heterocycles. The van der Waals surface area contributed by atoms with Crippen LogP contribution in [0.15, 0.2) is 76.1 Å². The summed E-state index contributed by atoms with van der Waals surface area (Å²) in [5.74, 6) is 2.70. The van der Waals surface area contributed by atoms with Gasteiger partial charge in [-0.3, -0.25) is 0 Å². The molecule has 4 rings (SSSR count). The van der Waals surface area contributed by atoms with Crippen molar-refractivity contribution in [3.8, 4) is 28.6 Å². The van der Waals surface area contributed by atoms with Crippen molar-refractivity contribution in [2.75, 3.05) is 21.3 Å². The summed E-state index contributed by atoms with van der Waals surface area (Å²) in [5.41, 5.74) is 2.26. The normalized spacial score (nSPS) is 11.5. The molecule has 0 fully saturated rings. The van der Waals surface area contributed by atoms with Crippen LogP contribution in [0.2, 0.25) is 5.02 Å². The van der Waals surface area contributed by atoms with E-state index < -0.39 is 0 Å². The lowest BCUT2D eigenvalue weighted by Gasteiger charge is -2.09. The zero-order valence-corrected chi connectivity index (χ0v) is 17.6. The average Bonchev–Trinajstić information content (AvgIpc) is 2.79. The van der Waals surface area contributed by atoms with E-state index in [0.717, 1.165) is 22.1 Å². The van der Waals surface area contributed by atoms with Crippen LogP contribution in [0.4, 0.5) is 5.69 Å². The summed E-state index contributed by atoms with van der Waals surface area (Å²) in [5, 5.41) is 2.21. The van der Waals surface area contributed by atoms with Crippen molar-refractivity contribution in [2.24, 2.45) is 4.99 Å². The van der Waals surface area contributed by atoms with Crippen LogP contribution in [0.25, 0.3) is 22.3 Å². The second kappa shape index (κ2) is 8.51. The van der Waals surface area contributed by atoms with Gasteiger partial charge in [0.1, 0.15) is 34.3 Å². The number of hydrogen-bond acceptors (Lipinski definition) is 5. The van der Waals surface area contributed by atoms with Crippen LogP contribution in [-0.4, -0.2) is 21.3 Å². The van der Waals surface area contributed by atoms with Crippen molar-refractivity contribution < 1.29 is 18.6 Å². The Hall–Kier alpha value is -3.44. The van der Waals surface area contributed by atoms with E-state index >= 15 is 0 Å². The van der Waals surface area contributed by atoms with E-state index in [1.54, 1.807) is 27.4 Å². The van der Waals surface area contributed by atoms with Crippen molar-refractivity contribution in [2.45, 2.75) is 0 Å². The molecular weight excluding hydrogens is 402 g/mol. The summed E-state index contributed by atoms with van der Waals surface area (Å²) in [6.45, 7) is 0. The first kappa shape index (κ1) is 19.9. The number of nitrogens with zero attached hydrogens (tertiary/aromatic N) is 1. The maximum absolute atomic E-state index is 6.15. The van der Waals surface area contributed by atoms with Crippen LogP contribution in [0, 0.1) is 0 Å². The van der Waals surface area contributed by atoms with Gasteiger partial charge < -0.3 is 18.6 Å². The van der Waals surface area contributed by atoms with Crippen LogP contribution >= 0.6 is 11.6 Å². The van der Waals surface area contributed by atoms with Crippen LogP contribution < -0.4 is 19.6 Å². The van der Waals surface area contributed by atoms with E-state index in [-0.39, 0.29) is 0 Å². The molecule has 152 valence electrons. The lowest BCUT2D eigenvalue weighted by Crippen LogP contribution is -2.04. The Labute approximate surface area is 179 Å². The molecule has 0 amide bonds. The molecule has 6 heteroatoms. The maximum Gasteiger partial charge on any atom is 0.148 e. The monoisotopic (exact) mass is 421 g/mol. The highest BCUT2D eigenvalue weighted by molar-refractivity contribution is 6.30.